The van der Waals surface area contributed by atoms with Crippen LogP contribution in [0.15, 0.2) is 42.5 Å². The average Bonchev–Trinajstić information content (AvgIpc) is 2.83. The van der Waals surface area contributed by atoms with Gasteiger partial charge in [-0.1, -0.05) is 64.1 Å². The zero-order valence-corrected chi connectivity index (χ0v) is 25.4. The Kier molecular flexibility index (Phi) is 16.6. The zero-order valence-electron chi connectivity index (χ0n) is 21.3. The molecule has 0 saturated carbocycles. The van der Waals surface area contributed by atoms with Crippen LogP contribution in [-0.2, 0) is 30.5 Å². The molecule has 2 aromatic carbocycles. The van der Waals surface area contributed by atoms with Gasteiger partial charge < -0.3 is 0 Å². The van der Waals surface area contributed by atoms with Gasteiger partial charge in [0, 0.05) is 17.4 Å². The number of ketones is 1. The summed E-state index contributed by atoms with van der Waals surface area (Å²) in [6, 6.07) is 15.0. The summed E-state index contributed by atoms with van der Waals surface area (Å²) in [5, 5.41) is -0.269. The highest BCUT2D eigenvalue weighted by molar-refractivity contribution is 7.54. The van der Waals surface area contributed by atoms with E-state index in [4.69, 9.17) is 41.7 Å². The lowest BCUT2D eigenvalue weighted by atomic mass is 9.88. The van der Waals surface area contributed by atoms with E-state index in [1.165, 1.54) is 56.1 Å². The van der Waals surface area contributed by atoms with Gasteiger partial charge in [0.05, 0.1) is 0 Å². The van der Waals surface area contributed by atoms with Crippen LogP contribution in [0.25, 0.3) is 0 Å². The van der Waals surface area contributed by atoms with Gasteiger partial charge in [0.25, 0.3) is 0 Å². The Morgan fingerprint density at radius 1 is 0.686 bits per heavy atom. The highest BCUT2D eigenvalue weighted by Crippen LogP contribution is 2.23. The largest absolute Gasteiger partial charge is 0.643 e. The first-order valence-corrected chi connectivity index (χ1v) is 18.0. The Hall–Kier alpha value is -0.528. The molecule has 0 N–H and O–H groups in total. The molecule has 0 spiro atoms. The van der Waals surface area contributed by atoms with Crippen molar-refractivity contribution < 1.29 is 9.59 Å². The maximum absolute atomic E-state index is 11.8. The predicted octanol–water partition coefficient (Wildman–Crippen LogP) is 9.07. The quantitative estimate of drug-likeness (QED) is 0.208. The molecular formula is C28H37AlCl4O2. The van der Waals surface area contributed by atoms with E-state index in [1.807, 2.05) is 19.9 Å². The first kappa shape index (κ1) is 32.5. The number of carbonyl (C=O) groups excluding carboxylic acids is 2. The third-order valence-electron chi connectivity index (χ3n) is 5.87. The number of Topliss-reactive ketones (excluding diaryl/α,β-unsaturated/α-hetero) is 1. The smallest absolute Gasteiger partial charge is 0.294 e. The van der Waals surface area contributed by atoms with Crippen molar-refractivity contribution in [1.29, 1.82) is 0 Å². The Labute approximate surface area is 233 Å². The molecule has 0 unspecified atom stereocenters. The molecule has 0 atom stereocenters. The molecule has 0 aromatic heterocycles. The van der Waals surface area contributed by atoms with Gasteiger partial charge in [-0.05, 0) is 91.3 Å². The Bertz CT molecular complexity index is 901. The van der Waals surface area contributed by atoms with Crippen molar-refractivity contribution in [3.63, 3.8) is 0 Å². The minimum absolute atomic E-state index is 0.0216. The van der Waals surface area contributed by atoms with Crippen LogP contribution >= 0.6 is 41.7 Å². The Balaban J connectivity index is 0.000000264. The Morgan fingerprint density at radius 2 is 1.06 bits per heavy atom. The van der Waals surface area contributed by atoms with E-state index in [0.717, 1.165) is 12.0 Å². The summed E-state index contributed by atoms with van der Waals surface area (Å²) in [6.45, 7) is 7.44. The summed E-state index contributed by atoms with van der Waals surface area (Å²) >= 11 is 3.25. The minimum atomic E-state index is -1.72. The highest BCUT2D eigenvalue weighted by Gasteiger charge is 2.14. The van der Waals surface area contributed by atoms with Crippen LogP contribution in [0.4, 0.5) is 0 Å². The molecule has 0 fully saturated rings. The van der Waals surface area contributed by atoms with Gasteiger partial charge in [0.1, 0.15) is 0 Å². The van der Waals surface area contributed by atoms with Gasteiger partial charge in [-0.2, -0.15) is 0 Å². The molecule has 2 aliphatic carbocycles. The van der Waals surface area contributed by atoms with Crippen LogP contribution in [-0.4, -0.2) is 22.4 Å². The van der Waals surface area contributed by atoms with Crippen molar-refractivity contribution >= 4 is 64.2 Å². The van der Waals surface area contributed by atoms with Crippen molar-refractivity contribution in [1.82, 2.24) is 0 Å². The second kappa shape index (κ2) is 17.8. The lowest BCUT2D eigenvalue weighted by Crippen LogP contribution is -2.10. The first-order valence-electron chi connectivity index (χ1n) is 12.4. The maximum Gasteiger partial charge on any atom is 0.643 e. The molecular weight excluding hydrogens is 537 g/mol. The van der Waals surface area contributed by atoms with Crippen LogP contribution in [0.5, 0.6) is 0 Å². The molecule has 2 aromatic rings. The summed E-state index contributed by atoms with van der Waals surface area (Å²) in [4.78, 5) is 21.7. The van der Waals surface area contributed by atoms with Crippen molar-refractivity contribution in [3.8, 4) is 0 Å². The maximum atomic E-state index is 11.8. The number of aryl methyl sites for hydroxylation is 4. The van der Waals surface area contributed by atoms with E-state index in [-0.39, 0.29) is 22.9 Å². The predicted molar refractivity (Wildman–Crippen MR) is 154 cm³/mol. The third kappa shape index (κ3) is 13.5. The standard InChI is InChI=1S/C14H18O.C10H12.C4H7ClO.Al.3ClH/c1-10(2)14(15)13-8-7-11-5-3-4-6-12(11)9-13;1-2-6-10-8-4-3-7-9(10)5-1;1-3(2)4(5)6;;;;/h7-10H,3-6H2,1-2H3;1-2,5-6H,3-4,7-8H2;3H,1-2H3;;3*1H/q;;;+3;;;/p-3. The minimum Gasteiger partial charge on any atom is -0.294 e. The summed E-state index contributed by atoms with van der Waals surface area (Å²) < 4.78 is 0. The molecule has 35 heavy (non-hydrogen) atoms. The molecule has 0 saturated heterocycles. The number of hydrogen-bond acceptors (Lipinski definition) is 2. The summed E-state index contributed by atoms with van der Waals surface area (Å²) in [5.74, 6) is 0.349. The second-order valence-corrected chi connectivity index (χ2v) is 16.2. The van der Waals surface area contributed by atoms with E-state index >= 15 is 0 Å². The van der Waals surface area contributed by atoms with E-state index in [1.54, 1.807) is 25.0 Å². The highest BCUT2D eigenvalue weighted by atomic mass is 35.8. The number of benzene rings is 2. The van der Waals surface area contributed by atoms with Gasteiger partial charge >= 0.3 is 11.4 Å². The fourth-order valence-electron chi connectivity index (χ4n) is 3.90. The van der Waals surface area contributed by atoms with E-state index < -0.39 is 11.4 Å². The monoisotopic (exact) mass is 572 g/mol. The fourth-order valence-corrected chi connectivity index (χ4v) is 3.90. The normalized spacial score (nSPS) is 13.5. The number of carbonyl (C=O) groups is 2. The number of hydrogen-bond donors (Lipinski definition) is 0. The number of fused-ring (bicyclic) bond motifs is 2. The molecule has 7 heteroatoms. The van der Waals surface area contributed by atoms with E-state index in [2.05, 4.69) is 36.4 Å². The first-order chi connectivity index (χ1) is 16.5. The molecule has 0 radical (unpaired) electrons. The molecule has 2 aliphatic rings. The van der Waals surface area contributed by atoms with Gasteiger partial charge in [-0.15, -0.1) is 0 Å². The summed E-state index contributed by atoms with van der Waals surface area (Å²) in [5.41, 5.74) is 6.89. The molecule has 0 bridgehead atoms. The molecule has 4 rings (SSSR count). The average molecular weight is 574 g/mol. The van der Waals surface area contributed by atoms with Crippen molar-refractivity contribution in [2.45, 2.75) is 79.1 Å². The van der Waals surface area contributed by atoms with Gasteiger partial charge in [0.15, 0.2) is 5.78 Å². The topological polar surface area (TPSA) is 34.1 Å². The molecule has 0 aliphatic heterocycles. The van der Waals surface area contributed by atoms with Gasteiger partial charge in [0.2, 0.25) is 5.24 Å². The van der Waals surface area contributed by atoms with Crippen LogP contribution in [0.1, 0.15) is 86.0 Å². The lowest BCUT2D eigenvalue weighted by molar-refractivity contribution is -0.114. The number of halogens is 4. The van der Waals surface area contributed by atoms with Crippen molar-refractivity contribution in [2.75, 3.05) is 0 Å². The Morgan fingerprint density at radius 3 is 1.43 bits per heavy atom. The molecule has 0 amide bonds. The third-order valence-corrected chi connectivity index (χ3v) is 6.31. The van der Waals surface area contributed by atoms with Crippen molar-refractivity contribution in [3.05, 3.63) is 70.3 Å². The van der Waals surface area contributed by atoms with Gasteiger partial charge in [-0.3, -0.25) is 9.59 Å². The van der Waals surface area contributed by atoms with Crippen LogP contribution in [0.3, 0.4) is 0 Å². The molecule has 0 heterocycles. The lowest BCUT2D eigenvalue weighted by Gasteiger charge is -2.16. The van der Waals surface area contributed by atoms with Gasteiger partial charge in [-0.25, -0.2) is 30.1 Å². The van der Waals surface area contributed by atoms with E-state index in [0.29, 0.717) is 0 Å². The zero-order chi connectivity index (χ0) is 26.4. The van der Waals surface area contributed by atoms with Crippen LogP contribution < -0.4 is 0 Å². The SMILES string of the molecule is CC(C)C(=O)Cl.CC(C)C(=O)c1ccc2c(c1)CCCC2.[Cl][Al]([Cl])[Cl].c1ccc2c(c1)CCCC2. The number of rotatable bonds is 3. The van der Waals surface area contributed by atoms with E-state index in [9.17, 15) is 9.59 Å². The molecule has 2 nitrogen and oxygen atoms in total. The fraction of sp³-hybridized carbons (Fsp3) is 0.500. The summed E-state index contributed by atoms with van der Waals surface area (Å²) in [6.07, 6.45) is 10.3. The summed E-state index contributed by atoms with van der Waals surface area (Å²) in [7, 11) is 14.8. The van der Waals surface area contributed by atoms with Crippen LogP contribution in [0, 0.1) is 11.8 Å². The second-order valence-electron chi connectivity index (χ2n) is 9.39. The van der Waals surface area contributed by atoms with Crippen LogP contribution in [0.2, 0.25) is 0 Å². The molecule has 192 valence electrons. The van der Waals surface area contributed by atoms with Crippen molar-refractivity contribution in [2.24, 2.45) is 11.8 Å².